The maximum atomic E-state index is 12.5. The van der Waals surface area contributed by atoms with Gasteiger partial charge in [0.25, 0.3) is 0 Å². The SMILES string of the molecule is COc1c(CS(=O)c2nc3ccc(OC(F)F)cc3[nH]2)[nH]ccc1=O.[Na].[Na]. The van der Waals surface area contributed by atoms with E-state index in [2.05, 4.69) is 19.7 Å². The Balaban J connectivity index is 0.00000182. The van der Waals surface area contributed by atoms with Crippen LogP contribution in [0.2, 0.25) is 0 Å². The number of aromatic nitrogens is 3. The minimum atomic E-state index is -2.93. The van der Waals surface area contributed by atoms with Crippen molar-refractivity contribution in [3.63, 3.8) is 0 Å². The number of methoxy groups -OCH3 is 1. The molecule has 2 aromatic heterocycles. The third kappa shape index (κ3) is 5.86. The number of benzene rings is 1. The smallest absolute Gasteiger partial charge is 0.387 e. The van der Waals surface area contributed by atoms with Gasteiger partial charge in [0.05, 0.1) is 40.4 Å². The van der Waals surface area contributed by atoms with E-state index in [1.165, 1.54) is 37.6 Å². The number of hydrogen-bond acceptors (Lipinski definition) is 5. The first-order chi connectivity index (χ1) is 12.0. The molecule has 7 nitrogen and oxygen atoms in total. The average molecular weight is 415 g/mol. The Hall–Kier alpha value is -0.750. The molecule has 0 saturated carbocycles. The molecular weight excluding hydrogens is 402 g/mol. The van der Waals surface area contributed by atoms with Gasteiger partial charge in [0, 0.05) is 77.4 Å². The molecular formula is C15H13F2N3Na2O4S. The summed E-state index contributed by atoms with van der Waals surface area (Å²) in [7, 11) is -0.260. The van der Waals surface area contributed by atoms with Gasteiger partial charge in [-0.25, -0.2) is 4.98 Å². The number of alkyl halides is 2. The van der Waals surface area contributed by atoms with Gasteiger partial charge >= 0.3 is 6.61 Å². The van der Waals surface area contributed by atoms with E-state index in [9.17, 15) is 17.8 Å². The van der Waals surface area contributed by atoms with Crippen molar-refractivity contribution in [2.24, 2.45) is 0 Å². The fourth-order valence-corrected chi connectivity index (χ4v) is 3.32. The number of H-pyrrole nitrogens is 2. The summed E-state index contributed by atoms with van der Waals surface area (Å²) in [6.07, 6.45) is 1.43. The second-order valence-electron chi connectivity index (χ2n) is 4.94. The van der Waals surface area contributed by atoms with Gasteiger partial charge in [-0.3, -0.25) is 9.00 Å². The second kappa shape index (κ2) is 10.7. The number of aromatic amines is 2. The Bertz CT molecular complexity index is 997. The van der Waals surface area contributed by atoms with E-state index in [0.29, 0.717) is 16.7 Å². The normalized spacial score (nSPS) is 11.6. The minimum absolute atomic E-state index is 0. The Morgan fingerprint density at radius 2 is 2.00 bits per heavy atom. The molecule has 27 heavy (non-hydrogen) atoms. The topological polar surface area (TPSA) is 97.1 Å². The van der Waals surface area contributed by atoms with Gasteiger partial charge < -0.3 is 19.4 Å². The van der Waals surface area contributed by atoms with Gasteiger partial charge in [-0.15, -0.1) is 0 Å². The summed E-state index contributed by atoms with van der Waals surface area (Å²) in [5, 5.41) is 0.149. The quantitative estimate of drug-likeness (QED) is 0.594. The molecule has 0 aliphatic carbocycles. The van der Waals surface area contributed by atoms with Crippen LogP contribution in [0.4, 0.5) is 8.78 Å². The van der Waals surface area contributed by atoms with E-state index < -0.39 is 17.4 Å². The van der Waals surface area contributed by atoms with Crippen LogP contribution >= 0.6 is 0 Å². The summed E-state index contributed by atoms with van der Waals surface area (Å²) in [6.45, 7) is -2.93. The summed E-state index contributed by atoms with van der Waals surface area (Å²) in [5.74, 6) is 0.0246. The van der Waals surface area contributed by atoms with Crippen LogP contribution in [0.3, 0.4) is 0 Å². The van der Waals surface area contributed by atoms with E-state index in [1.54, 1.807) is 0 Å². The molecule has 0 amide bonds. The van der Waals surface area contributed by atoms with Crippen molar-refractivity contribution < 1.29 is 22.5 Å². The van der Waals surface area contributed by atoms with E-state index in [4.69, 9.17) is 4.74 Å². The number of nitrogens with one attached hydrogen (secondary N) is 2. The van der Waals surface area contributed by atoms with Crippen molar-refractivity contribution in [1.29, 1.82) is 0 Å². The molecule has 1 aromatic carbocycles. The van der Waals surface area contributed by atoms with Crippen molar-refractivity contribution in [1.82, 2.24) is 15.0 Å². The van der Waals surface area contributed by atoms with Crippen molar-refractivity contribution in [3.05, 3.63) is 46.4 Å². The van der Waals surface area contributed by atoms with Crippen LogP contribution in [0.15, 0.2) is 40.4 Å². The number of pyridine rings is 1. The van der Waals surface area contributed by atoms with Crippen molar-refractivity contribution >= 4 is 80.9 Å². The average Bonchev–Trinajstić information content (AvgIpc) is 2.98. The molecule has 0 saturated heterocycles. The number of imidazole rings is 1. The fraction of sp³-hybridized carbons (Fsp3) is 0.200. The Labute approximate surface area is 199 Å². The molecule has 3 aromatic rings. The monoisotopic (exact) mass is 415 g/mol. The molecule has 12 heteroatoms. The molecule has 0 aliphatic rings. The first-order valence-electron chi connectivity index (χ1n) is 7.05. The molecule has 2 heterocycles. The van der Waals surface area contributed by atoms with E-state index in [1.807, 2.05) is 0 Å². The van der Waals surface area contributed by atoms with Crippen LogP contribution in [-0.4, -0.2) is 92.0 Å². The number of hydrogen-bond donors (Lipinski definition) is 2. The summed E-state index contributed by atoms with van der Waals surface area (Å²) in [6, 6.07) is 5.48. The second-order valence-corrected chi connectivity index (χ2v) is 6.31. The molecule has 0 aliphatic heterocycles. The third-order valence-corrected chi connectivity index (χ3v) is 4.52. The molecule has 0 fully saturated rings. The number of fused-ring (bicyclic) bond motifs is 1. The number of rotatable bonds is 6. The predicted molar refractivity (Wildman–Crippen MR) is 98.0 cm³/mol. The zero-order valence-corrected chi connectivity index (χ0v) is 19.7. The zero-order valence-electron chi connectivity index (χ0n) is 14.9. The van der Waals surface area contributed by atoms with Crippen LogP contribution < -0.4 is 14.9 Å². The van der Waals surface area contributed by atoms with Crippen LogP contribution in [0.1, 0.15) is 5.69 Å². The molecule has 134 valence electrons. The number of ether oxygens (including phenoxy) is 2. The molecule has 3 rings (SSSR count). The van der Waals surface area contributed by atoms with E-state index >= 15 is 0 Å². The van der Waals surface area contributed by atoms with Gasteiger partial charge in [-0.2, -0.15) is 8.78 Å². The van der Waals surface area contributed by atoms with Gasteiger partial charge in [0.1, 0.15) is 5.75 Å². The van der Waals surface area contributed by atoms with E-state index in [0.717, 1.165) is 0 Å². The third-order valence-electron chi connectivity index (χ3n) is 3.34. The van der Waals surface area contributed by atoms with Crippen molar-refractivity contribution in [3.8, 4) is 11.5 Å². The summed E-state index contributed by atoms with van der Waals surface area (Å²) >= 11 is 0. The summed E-state index contributed by atoms with van der Waals surface area (Å²) < 4.78 is 46.4. The maximum absolute atomic E-state index is 12.5. The Morgan fingerprint density at radius 1 is 1.26 bits per heavy atom. The molecule has 2 radical (unpaired) electrons. The van der Waals surface area contributed by atoms with Crippen LogP contribution in [-0.2, 0) is 16.6 Å². The number of nitrogens with zero attached hydrogens (tertiary/aromatic N) is 1. The first-order valence-corrected chi connectivity index (χ1v) is 8.37. The first kappa shape index (κ1) is 24.3. The largest absolute Gasteiger partial charge is 0.491 e. The summed E-state index contributed by atoms with van der Waals surface area (Å²) in [4.78, 5) is 21.5. The van der Waals surface area contributed by atoms with Crippen molar-refractivity contribution in [2.45, 2.75) is 17.5 Å². The predicted octanol–water partition coefficient (Wildman–Crippen LogP) is 1.41. The standard InChI is InChI=1S/C15H13F2N3O4S.2Na/c1-23-13-11(18-5-4-12(13)21)7-25(22)15-19-9-3-2-8(24-14(16)17)6-10(9)20-15;;/h2-6,14H,7H2,1H3,(H,18,21)(H,19,20);;. The molecule has 0 bridgehead atoms. The molecule has 0 spiro atoms. The molecule has 1 atom stereocenters. The van der Waals surface area contributed by atoms with Crippen LogP contribution in [0.25, 0.3) is 11.0 Å². The van der Waals surface area contributed by atoms with Gasteiger partial charge in [0.2, 0.25) is 5.43 Å². The van der Waals surface area contributed by atoms with Crippen molar-refractivity contribution in [2.75, 3.05) is 7.11 Å². The molecule has 2 N–H and O–H groups in total. The van der Waals surface area contributed by atoms with E-state index in [-0.39, 0.29) is 87.0 Å². The number of halogens is 2. The van der Waals surface area contributed by atoms with Gasteiger partial charge in [-0.1, -0.05) is 0 Å². The van der Waals surface area contributed by atoms with Gasteiger partial charge in [-0.05, 0) is 12.1 Å². The maximum Gasteiger partial charge on any atom is 0.387 e. The zero-order chi connectivity index (χ0) is 18.0. The Kier molecular flexibility index (Phi) is 9.63. The van der Waals surface area contributed by atoms with Crippen LogP contribution in [0, 0.1) is 0 Å². The Morgan fingerprint density at radius 3 is 2.67 bits per heavy atom. The fourth-order valence-electron chi connectivity index (χ4n) is 2.29. The summed E-state index contributed by atoms with van der Waals surface area (Å²) in [5.41, 5.74) is 0.913. The van der Waals surface area contributed by atoms with Gasteiger partial charge in [0.15, 0.2) is 10.9 Å². The van der Waals surface area contributed by atoms with Crippen LogP contribution in [0.5, 0.6) is 11.5 Å². The minimum Gasteiger partial charge on any atom is -0.491 e. The molecule has 1 unspecified atom stereocenters.